The first-order valence-corrected chi connectivity index (χ1v) is 6.35. The quantitative estimate of drug-likeness (QED) is 0.852. The summed E-state index contributed by atoms with van der Waals surface area (Å²) in [5.74, 6) is 0. The highest BCUT2D eigenvalue weighted by molar-refractivity contribution is 6.33. The molecule has 16 heavy (non-hydrogen) atoms. The number of rotatable bonds is 2. The lowest BCUT2D eigenvalue weighted by molar-refractivity contribution is 0.588. The Morgan fingerprint density at radius 1 is 1.31 bits per heavy atom. The molecule has 0 spiro atoms. The van der Waals surface area contributed by atoms with E-state index in [1.807, 2.05) is 0 Å². The Hall–Kier alpha value is -0.730. The van der Waals surface area contributed by atoms with E-state index in [-0.39, 0.29) is 0 Å². The molecule has 1 heterocycles. The molecular formula is C13H19ClN2. The molecule has 1 aliphatic rings. The van der Waals surface area contributed by atoms with E-state index >= 15 is 0 Å². The van der Waals surface area contributed by atoms with Crippen molar-refractivity contribution in [3.05, 3.63) is 28.3 Å². The van der Waals surface area contributed by atoms with Gasteiger partial charge in [-0.1, -0.05) is 24.6 Å². The molecule has 1 saturated heterocycles. The molecule has 1 aromatic carbocycles. The maximum atomic E-state index is 6.38. The molecule has 0 aliphatic carbocycles. The summed E-state index contributed by atoms with van der Waals surface area (Å²) in [4.78, 5) is 2.38. The van der Waals surface area contributed by atoms with E-state index < -0.39 is 0 Å². The number of hydrogen-bond acceptors (Lipinski definition) is 2. The Labute approximate surface area is 103 Å². The molecule has 0 bridgehead atoms. The third-order valence-corrected chi connectivity index (χ3v) is 3.44. The number of halogens is 1. The number of anilines is 1. The Morgan fingerprint density at radius 3 is 2.56 bits per heavy atom. The zero-order valence-corrected chi connectivity index (χ0v) is 10.8. The Morgan fingerprint density at radius 2 is 2.00 bits per heavy atom. The molecule has 0 saturated carbocycles. The molecule has 0 amide bonds. The average molecular weight is 239 g/mol. The molecule has 3 heteroatoms. The molecule has 88 valence electrons. The molecular weight excluding hydrogens is 220 g/mol. The lowest BCUT2D eigenvalue weighted by Crippen LogP contribution is -2.43. The molecule has 0 unspecified atom stereocenters. The number of hydrogen-bond donors (Lipinski definition) is 1. The first-order valence-electron chi connectivity index (χ1n) is 5.97. The number of benzene rings is 1. The van der Waals surface area contributed by atoms with Crippen LogP contribution in [0.15, 0.2) is 12.1 Å². The van der Waals surface area contributed by atoms with Crippen molar-refractivity contribution in [3.63, 3.8) is 0 Å². The van der Waals surface area contributed by atoms with Gasteiger partial charge < -0.3 is 10.2 Å². The van der Waals surface area contributed by atoms with Crippen molar-refractivity contribution in [2.75, 3.05) is 31.1 Å². The zero-order chi connectivity index (χ0) is 11.5. The first kappa shape index (κ1) is 11.7. The third kappa shape index (κ3) is 2.33. The lowest BCUT2D eigenvalue weighted by atomic mass is 10.1. The van der Waals surface area contributed by atoms with Gasteiger partial charge in [0, 0.05) is 26.2 Å². The van der Waals surface area contributed by atoms with E-state index in [1.54, 1.807) is 0 Å². The zero-order valence-electron chi connectivity index (χ0n) is 10.0. The van der Waals surface area contributed by atoms with Crippen molar-refractivity contribution in [1.82, 2.24) is 5.32 Å². The van der Waals surface area contributed by atoms with Gasteiger partial charge in [0.25, 0.3) is 0 Å². The molecule has 2 nitrogen and oxygen atoms in total. The summed E-state index contributed by atoms with van der Waals surface area (Å²) in [6.07, 6.45) is 1.04. The van der Waals surface area contributed by atoms with Crippen LogP contribution in [0.4, 0.5) is 5.69 Å². The van der Waals surface area contributed by atoms with Gasteiger partial charge in [0.15, 0.2) is 0 Å². The van der Waals surface area contributed by atoms with Crippen molar-refractivity contribution >= 4 is 17.3 Å². The van der Waals surface area contributed by atoms with Crippen LogP contribution < -0.4 is 10.2 Å². The monoisotopic (exact) mass is 238 g/mol. The Balaban J connectivity index is 2.32. The van der Waals surface area contributed by atoms with Crippen molar-refractivity contribution in [2.24, 2.45) is 0 Å². The van der Waals surface area contributed by atoms with E-state index in [4.69, 9.17) is 11.6 Å². The van der Waals surface area contributed by atoms with Crippen LogP contribution in [0.5, 0.6) is 0 Å². The summed E-state index contributed by atoms with van der Waals surface area (Å²) >= 11 is 6.38. The first-order chi connectivity index (χ1) is 7.72. The molecule has 1 aromatic rings. The molecule has 1 N–H and O–H groups in total. The Bertz CT molecular complexity index is 347. The highest BCUT2D eigenvalue weighted by atomic mass is 35.5. The number of nitrogens with one attached hydrogen (secondary N) is 1. The van der Waals surface area contributed by atoms with E-state index in [0.717, 1.165) is 37.6 Å². The smallest absolute Gasteiger partial charge is 0.0645 e. The summed E-state index contributed by atoms with van der Waals surface area (Å²) in [7, 11) is 0. The van der Waals surface area contributed by atoms with Gasteiger partial charge >= 0.3 is 0 Å². The molecule has 1 fully saturated rings. The van der Waals surface area contributed by atoms with E-state index in [1.165, 1.54) is 16.8 Å². The van der Waals surface area contributed by atoms with E-state index in [2.05, 4.69) is 36.2 Å². The maximum Gasteiger partial charge on any atom is 0.0645 e. The van der Waals surface area contributed by atoms with Gasteiger partial charge in [-0.3, -0.25) is 0 Å². The van der Waals surface area contributed by atoms with Gasteiger partial charge in [-0.25, -0.2) is 0 Å². The lowest BCUT2D eigenvalue weighted by Gasteiger charge is -2.31. The van der Waals surface area contributed by atoms with Gasteiger partial charge in [0.1, 0.15) is 0 Å². The number of piperazine rings is 1. The topological polar surface area (TPSA) is 15.3 Å². The average Bonchev–Trinajstić information content (AvgIpc) is 2.29. The number of nitrogens with zero attached hydrogens (tertiary/aromatic N) is 1. The molecule has 1 aliphatic heterocycles. The van der Waals surface area contributed by atoms with Crippen LogP contribution in [0.25, 0.3) is 0 Å². The minimum Gasteiger partial charge on any atom is -0.368 e. The van der Waals surface area contributed by atoms with Crippen molar-refractivity contribution in [1.29, 1.82) is 0 Å². The summed E-state index contributed by atoms with van der Waals surface area (Å²) in [5, 5.41) is 4.26. The van der Waals surface area contributed by atoms with Crippen molar-refractivity contribution in [3.8, 4) is 0 Å². The number of aryl methyl sites for hydroxylation is 2. The van der Waals surface area contributed by atoms with Crippen LogP contribution in [0.2, 0.25) is 5.02 Å². The van der Waals surface area contributed by atoms with Gasteiger partial charge in [0.05, 0.1) is 10.7 Å². The van der Waals surface area contributed by atoms with Crippen molar-refractivity contribution in [2.45, 2.75) is 20.3 Å². The van der Waals surface area contributed by atoms with Crippen LogP contribution in [0.3, 0.4) is 0 Å². The fraction of sp³-hybridized carbons (Fsp3) is 0.538. The largest absolute Gasteiger partial charge is 0.368 e. The van der Waals surface area contributed by atoms with E-state index in [9.17, 15) is 0 Å². The SMILES string of the molecule is CCc1cc(C)c(N2CCNCC2)c(Cl)c1. The van der Waals surface area contributed by atoms with Gasteiger partial charge in [0.2, 0.25) is 0 Å². The predicted molar refractivity (Wildman–Crippen MR) is 70.6 cm³/mol. The van der Waals surface area contributed by atoms with Crippen LogP contribution in [0.1, 0.15) is 18.1 Å². The van der Waals surface area contributed by atoms with Crippen molar-refractivity contribution < 1.29 is 0 Å². The fourth-order valence-electron chi connectivity index (χ4n) is 2.30. The Kier molecular flexibility index (Phi) is 3.72. The van der Waals surface area contributed by atoms with Gasteiger partial charge in [-0.15, -0.1) is 0 Å². The van der Waals surface area contributed by atoms with Crippen LogP contribution >= 0.6 is 11.6 Å². The standard InChI is InChI=1S/C13H19ClN2/c1-3-11-8-10(2)13(12(14)9-11)16-6-4-15-5-7-16/h8-9,15H,3-7H2,1-2H3. The van der Waals surface area contributed by atoms with Crippen LogP contribution in [-0.4, -0.2) is 26.2 Å². The van der Waals surface area contributed by atoms with Crippen LogP contribution in [0, 0.1) is 6.92 Å². The normalized spacial score (nSPS) is 16.6. The second-order valence-corrected chi connectivity index (χ2v) is 4.74. The highest BCUT2D eigenvalue weighted by Crippen LogP contribution is 2.31. The summed E-state index contributed by atoms with van der Waals surface area (Å²) in [6.45, 7) is 8.51. The summed E-state index contributed by atoms with van der Waals surface area (Å²) in [6, 6.07) is 4.36. The molecule has 2 rings (SSSR count). The minimum absolute atomic E-state index is 0.902. The molecule has 0 atom stereocenters. The molecule has 0 radical (unpaired) electrons. The predicted octanol–water partition coefficient (Wildman–Crippen LogP) is 2.62. The van der Waals surface area contributed by atoms with Gasteiger partial charge in [-0.2, -0.15) is 0 Å². The third-order valence-electron chi connectivity index (χ3n) is 3.16. The summed E-state index contributed by atoms with van der Waals surface area (Å²) in [5.41, 5.74) is 3.84. The second-order valence-electron chi connectivity index (χ2n) is 4.33. The minimum atomic E-state index is 0.902. The van der Waals surface area contributed by atoms with Gasteiger partial charge in [-0.05, 0) is 30.5 Å². The van der Waals surface area contributed by atoms with E-state index in [0.29, 0.717) is 0 Å². The maximum absolute atomic E-state index is 6.38. The second kappa shape index (κ2) is 5.07. The highest BCUT2D eigenvalue weighted by Gasteiger charge is 2.16. The summed E-state index contributed by atoms with van der Waals surface area (Å²) < 4.78 is 0. The van der Waals surface area contributed by atoms with Crippen LogP contribution in [-0.2, 0) is 6.42 Å². The molecule has 0 aromatic heterocycles. The fourth-order valence-corrected chi connectivity index (χ4v) is 2.71.